The molecule has 2 rings (SSSR count). The van der Waals surface area contributed by atoms with E-state index in [9.17, 15) is 0 Å². The van der Waals surface area contributed by atoms with Crippen LogP contribution in [0.15, 0.2) is 36.7 Å². The van der Waals surface area contributed by atoms with Crippen LogP contribution in [-0.4, -0.2) is 17.3 Å². The lowest BCUT2D eigenvalue weighted by atomic mass is 10.1. The first-order valence-electron chi connectivity index (χ1n) is 4.52. The van der Waals surface area contributed by atoms with Crippen LogP contribution in [0, 0.1) is 0 Å². The van der Waals surface area contributed by atoms with Gasteiger partial charge in [0.05, 0.1) is 25.2 Å². The third kappa shape index (κ3) is 1.88. The summed E-state index contributed by atoms with van der Waals surface area (Å²) in [7, 11) is 1.63. The maximum absolute atomic E-state index is 5.80. The second-order valence-electron chi connectivity index (χ2n) is 3.09. The number of nitrogens with two attached hydrogens (primary N) is 1. The van der Waals surface area contributed by atoms with E-state index in [4.69, 9.17) is 10.5 Å². The zero-order chi connectivity index (χ0) is 10.7. The van der Waals surface area contributed by atoms with Crippen LogP contribution in [0.25, 0.3) is 11.1 Å². The van der Waals surface area contributed by atoms with Crippen molar-refractivity contribution in [3.63, 3.8) is 0 Å². The van der Waals surface area contributed by atoms with Crippen LogP contribution in [-0.2, 0) is 0 Å². The predicted octanol–water partition coefficient (Wildman–Crippen LogP) is 1.73. The van der Waals surface area contributed by atoms with Gasteiger partial charge in [0, 0.05) is 5.56 Å². The molecular formula is C11H11N3O. The molecular weight excluding hydrogens is 190 g/mol. The third-order valence-corrected chi connectivity index (χ3v) is 2.14. The van der Waals surface area contributed by atoms with Gasteiger partial charge in [-0.3, -0.25) is 0 Å². The largest absolute Gasteiger partial charge is 0.497 e. The molecule has 0 saturated heterocycles. The molecule has 0 radical (unpaired) electrons. The highest BCUT2D eigenvalue weighted by Crippen LogP contribution is 2.26. The molecule has 0 aliphatic carbocycles. The molecule has 0 amide bonds. The Hall–Kier alpha value is -2.10. The lowest BCUT2D eigenvalue weighted by Crippen LogP contribution is -1.93. The van der Waals surface area contributed by atoms with Crippen LogP contribution in [0.5, 0.6) is 5.75 Å². The van der Waals surface area contributed by atoms with Gasteiger partial charge in [0.1, 0.15) is 5.75 Å². The number of methoxy groups -OCH3 is 1. The van der Waals surface area contributed by atoms with Crippen molar-refractivity contribution in [3.05, 3.63) is 36.7 Å². The maximum Gasteiger partial charge on any atom is 0.119 e. The van der Waals surface area contributed by atoms with E-state index in [1.807, 2.05) is 24.3 Å². The van der Waals surface area contributed by atoms with E-state index in [1.54, 1.807) is 13.3 Å². The van der Waals surface area contributed by atoms with Gasteiger partial charge in [0.2, 0.25) is 0 Å². The van der Waals surface area contributed by atoms with Gasteiger partial charge in [0.15, 0.2) is 0 Å². The molecule has 0 aliphatic heterocycles. The quantitative estimate of drug-likeness (QED) is 0.803. The Balaban J connectivity index is 2.49. The summed E-state index contributed by atoms with van der Waals surface area (Å²) in [6, 6.07) is 7.66. The highest BCUT2D eigenvalue weighted by atomic mass is 16.5. The van der Waals surface area contributed by atoms with Crippen molar-refractivity contribution in [1.29, 1.82) is 0 Å². The van der Waals surface area contributed by atoms with Gasteiger partial charge in [-0.25, -0.2) is 0 Å². The van der Waals surface area contributed by atoms with Crippen molar-refractivity contribution in [2.24, 2.45) is 0 Å². The highest BCUT2D eigenvalue weighted by molar-refractivity contribution is 5.75. The van der Waals surface area contributed by atoms with Crippen molar-refractivity contribution >= 4 is 5.69 Å². The van der Waals surface area contributed by atoms with E-state index in [0.29, 0.717) is 5.69 Å². The molecule has 15 heavy (non-hydrogen) atoms. The highest BCUT2D eigenvalue weighted by Gasteiger charge is 2.03. The monoisotopic (exact) mass is 201 g/mol. The van der Waals surface area contributed by atoms with Crippen molar-refractivity contribution in [2.75, 3.05) is 12.8 Å². The fourth-order valence-electron chi connectivity index (χ4n) is 1.36. The summed E-state index contributed by atoms with van der Waals surface area (Å²) in [6.07, 6.45) is 3.18. The molecule has 0 aliphatic rings. The number of hydrogen-bond acceptors (Lipinski definition) is 4. The number of rotatable bonds is 2. The predicted molar refractivity (Wildman–Crippen MR) is 58.4 cm³/mol. The van der Waals surface area contributed by atoms with Crippen LogP contribution >= 0.6 is 0 Å². The standard InChI is InChI=1S/C11H11N3O/c1-15-9-4-2-3-8(5-9)10-6-13-14-7-11(10)12/h2-7H,1H3,(H2,12,13). The summed E-state index contributed by atoms with van der Waals surface area (Å²) in [5.41, 5.74) is 8.25. The Morgan fingerprint density at radius 3 is 2.73 bits per heavy atom. The lowest BCUT2D eigenvalue weighted by Gasteiger charge is -2.05. The normalized spacial score (nSPS) is 9.93. The molecule has 0 unspecified atom stereocenters. The van der Waals surface area contributed by atoms with E-state index in [-0.39, 0.29) is 0 Å². The van der Waals surface area contributed by atoms with Crippen LogP contribution in [0.2, 0.25) is 0 Å². The summed E-state index contributed by atoms with van der Waals surface area (Å²) in [5, 5.41) is 7.51. The van der Waals surface area contributed by atoms with Crippen LogP contribution in [0.4, 0.5) is 5.69 Å². The van der Waals surface area contributed by atoms with E-state index in [1.165, 1.54) is 6.20 Å². The van der Waals surface area contributed by atoms with Gasteiger partial charge in [-0.1, -0.05) is 12.1 Å². The molecule has 4 nitrogen and oxygen atoms in total. The minimum atomic E-state index is 0.609. The minimum absolute atomic E-state index is 0.609. The molecule has 2 aromatic rings. The summed E-state index contributed by atoms with van der Waals surface area (Å²) in [4.78, 5) is 0. The number of benzene rings is 1. The van der Waals surface area contributed by atoms with Crippen LogP contribution in [0.3, 0.4) is 0 Å². The Labute approximate surface area is 87.7 Å². The first-order chi connectivity index (χ1) is 7.31. The average molecular weight is 201 g/mol. The van der Waals surface area contributed by atoms with Crippen molar-refractivity contribution in [3.8, 4) is 16.9 Å². The number of nitrogens with zero attached hydrogens (tertiary/aromatic N) is 2. The fraction of sp³-hybridized carbons (Fsp3) is 0.0909. The van der Waals surface area contributed by atoms with Gasteiger partial charge in [0.25, 0.3) is 0 Å². The van der Waals surface area contributed by atoms with Gasteiger partial charge >= 0.3 is 0 Å². The van der Waals surface area contributed by atoms with Crippen LogP contribution < -0.4 is 10.5 Å². The van der Waals surface area contributed by atoms with Gasteiger partial charge in [-0.15, -0.1) is 0 Å². The van der Waals surface area contributed by atoms with E-state index in [0.717, 1.165) is 16.9 Å². The third-order valence-electron chi connectivity index (χ3n) is 2.14. The first kappa shape index (κ1) is 9.45. The molecule has 1 aromatic heterocycles. The maximum atomic E-state index is 5.80. The molecule has 0 saturated carbocycles. The molecule has 0 fully saturated rings. The average Bonchev–Trinajstić information content (AvgIpc) is 2.30. The SMILES string of the molecule is COc1cccc(-c2cnncc2N)c1. The molecule has 0 bridgehead atoms. The Kier molecular flexibility index (Phi) is 2.49. The van der Waals surface area contributed by atoms with Gasteiger partial charge < -0.3 is 10.5 Å². The van der Waals surface area contributed by atoms with Crippen molar-refractivity contribution in [2.45, 2.75) is 0 Å². The zero-order valence-corrected chi connectivity index (χ0v) is 8.34. The van der Waals surface area contributed by atoms with Gasteiger partial charge in [-0.05, 0) is 17.7 Å². The fourth-order valence-corrected chi connectivity index (χ4v) is 1.36. The summed E-state index contributed by atoms with van der Waals surface area (Å²) >= 11 is 0. The number of hydrogen-bond donors (Lipinski definition) is 1. The Morgan fingerprint density at radius 1 is 1.20 bits per heavy atom. The smallest absolute Gasteiger partial charge is 0.119 e. The van der Waals surface area contributed by atoms with Crippen molar-refractivity contribution < 1.29 is 4.74 Å². The van der Waals surface area contributed by atoms with E-state index in [2.05, 4.69) is 10.2 Å². The molecule has 1 aromatic carbocycles. The number of ether oxygens (including phenoxy) is 1. The molecule has 1 heterocycles. The van der Waals surface area contributed by atoms with Gasteiger partial charge in [-0.2, -0.15) is 10.2 Å². The second-order valence-corrected chi connectivity index (χ2v) is 3.09. The number of anilines is 1. The topological polar surface area (TPSA) is 61.0 Å². The minimum Gasteiger partial charge on any atom is -0.497 e. The molecule has 0 spiro atoms. The number of aromatic nitrogens is 2. The molecule has 0 atom stereocenters. The van der Waals surface area contributed by atoms with Crippen LogP contribution in [0.1, 0.15) is 0 Å². The Bertz CT molecular complexity index is 471. The second kappa shape index (κ2) is 3.96. The van der Waals surface area contributed by atoms with E-state index >= 15 is 0 Å². The molecule has 4 heteroatoms. The summed E-state index contributed by atoms with van der Waals surface area (Å²) in [5.74, 6) is 0.795. The number of nitrogen functional groups attached to an aromatic ring is 1. The van der Waals surface area contributed by atoms with Crippen molar-refractivity contribution in [1.82, 2.24) is 10.2 Å². The zero-order valence-electron chi connectivity index (χ0n) is 8.34. The molecule has 2 N–H and O–H groups in total. The summed E-state index contributed by atoms with van der Waals surface area (Å²) in [6.45, 7) is 0. The molecule has 76 valence electrons. The Morgan fingerprint density at radius 2 is 2.00 bits per heavy atom. The van der Waals surface area contributed by atoms with E-state index < -0.39 is 0 Å². The first-order valence-corrected chi connectivity index (χ1v) is 4.52. The summed E-state index contributed by atoms with van der Waals surface area (Å²) < 4.78 is 5.14. The lowest BCUT2D eigenvalue weighted by molar-refractivity contribution is 0.415.